The van der Waals surface area contributed by atoms with Crippen LogP contribution in [0.3, 0.4) is 0 Å². The molecule has 112 valence electrons. The molecule has 2 aromatic carbocycles. The molecule has 0 fully saturated rings. The Morgan fingerprint density at radius 1 is 1.10 bits per heavy atom. The molecule has 1 unspecified atom stereocenters. The number of aryl methyl sites for hydroxylation is 1. The Kier molecular flexibility index (Phi) is 4.32. The van der Waals surface area contributed by atoms with Crippen LogP contribution in [0.25, 0.3) is 0 Å². The van der Waals surface area contributed by atoms with Crippen molar-refractivity contribution in [3.8, 4) is 0 Å². The highest BCUT2D eigenvalue weighted by molar-refractivity contribution is 5.31. The van der Waals surface area contributed by atoms with Crippen molar-refractivity contribution in [3.63, 3.8) is 0 Å². The van der Waals surface area contributed by atoms with Crippen molar-refractivity contribution in [2.24, 2.45) is 0 Å². The van der Waals surface area contributed by atoms with Crippen molar-refractivity contribution in [3.05, 3.63) is 70.5 Å². The summed E-state index contributed by atoms with van der Waals surface area (Å²) in [5, 5.41) is 10.1. The van der Waals surface area contributed by atoms with Crippen LogP contribution >= 0.6 is 0 Å². The Morgan fingerprint density at radius 2 is 1.81 bits per heavy atom. The topological polar surface area (TPSA) is 20.2 Å². The van der Waals surface area contributed by atoms with Gasteiger partial charge < -0.3 is 5.11 Å². The Morgan fingerprint density at radius 3 is 2.43 bits per heavy atom. The van der Waals surface area contributed by atoms with E-state index in [0.717, 1.165) is 12.1 Å². The minimum absolute atomic E-state index is 0.0381. The summed E-state index contributed by atoms with van der Waals surface area (Å²) in [6.07, 6.45) is -5.35. The molecule has 0 heterocycles. The summed E-state index contributed by atoms with van der Waals surface area (Å²) in [6.45, 7) is 1.65. The van der Waals surface area contributed by atoms with Gasteiger partial charge in [0.15, 0.2) is 0 Å². The summed E-state index contributed by atoms with van der Waals surface area (Å²) in [4.78, 5) is 0. The lowest BCUT2D eigenvalue weighted by Crippen LogP contribution is -2.08. The summed E-state index contributed by atoms with van der Waals surface area (Å²) < 4.78 is 50.9. The second kappa shape index (κ2) is 5.85. The van der Waals surface area contributed by atoms with Gasteiger partial charge in [0.2, 0.25) is 0 Å². The Balaban J connectivity index is 2.21. The first-order chi connectivity index (χ1) is 9.77. The zero-order valence-electron chi connectivity index (χ0n) is 11.3. The molecule has 1 N–H and O–H groups in total. The SMILES string of the molecule is Cc1cc(F)ccc1C(O)Cc1cccc(C(F)(F)F)c1. The molecule has 0 aliphatic carbocycles. The van der Waals surface area contributed by atoms with Gasteiger partial charge in [0.1, 0.15) is 5.82 Å². The van der Waals surface area contributed by atoms with Gasteiger partial charge in [-0.25, -0.2) is 4.39 Å². The number of hydrogen-bond acceptors (Lipinski definition) is 1. The van der Waals surface area contributed by atoms with E-state index in [0.29, 0.717) is 16.7 Å². The Bertz CT molecular complexity index is 634. The largest absolute Gasteiger partial charge is 0.416 e. The minimum atomic E-state index is -4.41. The zero-order chi connectivity index (χ0) is 15.6. The number of alkyl halides is 3. The second-order valence-corrected chi connectivity index (χ2v) is 4.92. The van der Waals surface area contributed by atoms with E-state index in [9.17, 15) is 22.7 Å². The molecule has 2 rings (SSSR count). The quantitative estimate of drug-likeness (QED) is 0.831. The molecular formula is C16H14F4O. The lowest BCUT2D eigenvalue weighted by atomic mass is 9.97. The summed E-state index contributed by atoms with van der Waals surface area (Å²) in [7, 11) is 0. The average Bonchev–Trinajstić information content (AvgIpc) is 2.37. The summed E-state index contributed by atoms with van der Waals surface area (Å²) in [5.74, 6) is -0.414. The van der Waals surface area contributed by atoms with Crippen molar-refractivity contribution < 1.29 is 22.7 Å². The van der Waals surface area contributed by atoms with Gasteiger partial charge in [0.25, 0.3) is 0 Å². The number of aliphatic hydroxyl groups excluding tert-OH is 1. The lowest BCUT2D eigenvalue weighted by molar-refractivity contribution is -0.137. The molecule has 0 aliphatic rings. The van der Waals surface area contributed by atoms with Crippen molar-refractivity contribution in [1.29, 1.82) is 0 Å². The smallest absolute Gasteiger partial charge is 0.388 e. The monoisotopic (exact) mass is 298 g/mol. The molecular weight excluding hydrogens is 284 g/mol. The van der Waals surface area contributed by atoms with E-state index in [1.807, 2.05) is 0 Å². The highest BCUT2D eigenvalue weighted by Crippen LogP contribution is 2.30. The minimum Gasteiger partial charge on any atom is -0.388 e. The molecule has 5 heteroatoms. The van der Waals surface area contributed by atoms with Crippen molar-refractivity contribution in [1.82, 2.24) is 0 Å². The van der Waals surface area contributed by atoms with Gasteiger partial charge in [-0.3, -0.25) is 0 Å². The number of hydrogen-bond donors (Lipinski definition) is 1. The molecule has 0 aromatic heterocycles. The second-order valence-electron chi connectivity index (χ2n) is 4.92. The number of halogens is 4. The van der Waals surface area contributed by atoms with Gasteiger partial charge in [-0.1, -0.05) is 24.3 Å². The number of rotatable bonds is 3. The average molecular weight is 298 g/mol. The maximum absolute atomic E-state index is 13.0. The maximum atomic E-state index is 13.0. The first kappa shape index (κ1) is 15.5. The van der Waals surface area contributed by atoms with E-state index in [-0.39, 0.29) is 6.42 Å². The first-order valence-corrected chi connectivity index (χ1v) is 6.37. The van der Waals surface area contributed by atoms with Crippen LogP contribution in [-0.2, 0) is 12.6 Å². The highest BCUT2D eigenvalue weighted by Gasteiger charge is 2.30. The molecule has 0 saturated heterocycles. The fraction of sp³-hybridized carbons (Fsp3) is 0.250. The third-order valence-corrected chi connectivity index (χ3v) is 3.27. The van der Waals surface area contributed by atoms with E-state index in [1.54, 1.807) is 6.92 Å². The van der Waals surface area contributed by atoms with Gasteiger partial charge in [0.05, 0.1) is 11.7 Å². The summed E-state index contributed by atoms with van der Waals surface area (Å²) in [5.41, 5.74) is 0.701. The summed E-state index contributed by atoms with van der Waals surface area (Å²) in [6, 6.07) is 8.78. The molecule has 0 bridgehead atoms. The van der Waals surface area contributed by atoms with Crippen LogP contribution in [0.4, 0.5) is 17.6 Å². The number of benzene rings is 2. The van der Waals surface area contributed by atoms with E-state index >= 15 is 0 Å². The van der Waals surface area contributed by atoms with Gasteiger partial charge in [-0.05, 0) is 41.8 Å². The molecule has 0 spiro atoms. The van der Waals surface area contributed by atoms with Crippen LogP contribution in [0.15, 0.2) is 42.5 Å². The number of aliphatic hydroxyl groups is 1. The first-order valence-electron chi connectivity index (χ1n) is 6.37. The zero-order valence-corrected chi connectivity index (χ0v) is 11.3. The molecule has 1 nitrogen and oxygen atoms in total. The Hall–Kier alpha value is -1.88. The predicted molar refractivity (Wildman–Crippen MR) is 71.2 cm³/mol. The standard InChI is InChI=1S/C16H14F4O/c1-10-7-13(17)5-6-14(10)15(21)9-11-3-2-4-12(8-11)16(18,19)20/h2-8,15,21H,9H2,1H3. The molecule has 0 radical (unpaired) electrons. The van der Waals surface area contributed by atoms with Crippen molar-refractivity contribution >= 4 is 0 Å². The van der Waals surface area contributed by atoms with E-state index in [1.165, 1.54) is 30.3 Å². The van der Waals surface area contributed by atoms with Crippen molar-refractivity contribution in [2.75, 3.05) is 0 Å². The fourth-order valence-electron chi connectivity index (χ4n) is 2.22. The fourth-order valence-corrected chi connectivity index (χ4v) is 2.22. The van der Waals surface area contributed by atoms with Gasteiger partial charge in [0, 0.05) is 6.42 Å². The van der Waals surface area contributed by atoms with Crippen LogP contribution < -0.4 is 0 Å². The molecule has 2 aromatic rings. The third-order valence-electron chi connectivity index (χ3n) is 3.27. The van der Waals surface area contributed by atoms with Crippen LogP contribution in [-0.4, -0.2) is 5.11 Å². The maximum Gasteiger partial charge on any atom is 0.416 e. The van der Waals surface area contributed by atoms with Gasteiger partial charge in [-0.15, -0.1) is 0 Å². The van der Waals surface area contributed by atoms with E-state index < -0.39 is 23.7 Å². The van der Waals surface area contributed by atoms with Crippen molar-refractivity contribution in [2.45, 2.75) is 25.6 Å². The molecule has 21 heavy (non-hydrogen) atoms. The van der Waals surface area contributed by atoms with Crippen LogP contribution in [0.5, 0.6) is 0 Å². The predicted octanol–water partition coefficient (Wildman–Crippen LogP) is 4.43. The van der Waals surface area contributed by atoms with Gasteiger partial charge in [-0.2, -0.15) is 13.2 Å². The highest BCUT2D eigenvalue weighted by atomic mass is 19.4. The third kappa shape index (κ3) is 3.82. The van der Waals surface area contributed by atoms with Crippen LogP contribution in [0.2, 0.25) is 0 Å². The Labute approximate surface area is 119 Å². The molecule has 0 saturated carbocycles. The molecule has 0 aliphatic heterocycles. The van der Waals surface area contributed by atoms with Crippen LogP contribution in [0.1, 0.15) is 28.4 Å². The van der Waals surface area contributed by atoms with E-state index in [2.05, 4.69) is 0 Å². The van der Waals surface area contributed by atoms with E-state index in [4.69, 9.17) is 0 Å². The normalized spacial score (nSPS) is 13.2. The lowest BCUT2D eigenvalue weighted by Gasteiger charge is -2.15. The molecule has 0 amide bonds. The van der Waals surface area contributed by atoms with Crippen LogP contribution in [0, 0.1) is 12.7 Å². The molecule has 1 atom stereocenters. The van der Waals surface area contributed by atoms with Gasteiger partial charge >= 0.3 is 6.18 Å². The summed E-state index contributed by atoms with van der Waals surface area (Å²) >= 11 is 0.